The van der Waals surface area contributed by atoms with E-state index in [9.17, 15) is 4.79 Å². The molecule has 4 nitrogen and oxygen atoms in total. The van der Waals surface area contributed by atoms with Crippen molar-refractivity contribution in [2.45, 2.75) is 92.8 Å². The van der Waals surface area contributed by atoms with Crippen LogP contribution in [0.2, 0.25) is 0 Å². The van der Waals surface area contributed by atoms with Gasteiger partial charge in [-0.05, 0) is 76.0 Å². The summed E-state index contributed by atoms with van der Waals surface area (Å²) in [6.07, 6.45) is 6.82. The highest BCUT2D eigenvalue weighted by Gasteiger charge is 2.50. The fourth-order valence-electron chi connectivity index (χ4n) is 4.72. The van der Waals surface area contributed by atoms with Crippen molar-refractivity contribution in [1.82, 2.24) is 0 Å². The predicted molar refractivity (Wildman–Crippen MR) is 122 cm³/mol. The van der Waals surface area contributed by atoms with E-state index in [-0.39, 0.29) is 23.1 Å². The molecule has 2 bridgehead atoms. The Morgan fingerprint density at radius 2 is 1.93 bits per heavy atom. The summed E-state index contributed by atoms with van der Waals surface area (Å²) in [7, 11) is 0. The minimum atomic E-state index is -0.373. The standard InChI is InChI=1S/C26H44O4/c1-18(2)23(27)29-15-13-24(4,5)26(8,9)30-19(3)17-28-14-12-20-10-11-21-16-22(20)25(21,6)7/h10,19,21-22H,1,11-17H2,2-9H3. The van der Waals surface area contributed by atoms with Crippen LogP contribution in [0, 0.1) is 22.7 Å². The number of carbonyl (C=O) groups is 1. The highest BCUT2D eigenvalue weighted by atomic mass is 16.5. The second-order valence-corrected chi connectivity index (χ2v) is 11.1. The average molecular weight is 421 g/mol. The lowest BCUT2D eigenvalue weighted by molar-refractivity contribution is -0.157. The fourth-order valence-corrected chi connectivity index (χ4v) is 4.72. The summed E-state index contributed by atoms with van der Waals surface area (Å²) in [6, 6.07) is 0. The van der Waals surface area contributed by atoms with Crippen molar-refractivity contribution in [3.8, 4) is 0 Å². The Morgan fingerprint density at radius 1 is 1.27 bits per heavy atom. The molecule has 0 aromatic carbocycles. The number of fused-ring (bicyclic) bond motifs is 1. The third-order valence-corrected chi connectivity index (χ3v) is 7.90. The molecule has 3 aliphatic rings. The summed E-state index contributed by atoms with van der Waals surface area (Å²) in [4.78, 5) is 11.6. The zero-order valence-electron chi connectivity index (χ0n) is 20.6. The topological polar surface area (TPSA) is 44.8 Å². The summed E-state index contributed by atoms with van der Waals surface area (Å²) in [6.45, 7) is 22.4. The second kappa shape index (κ2) is 9.56. The van der Waals surface area contributed by atoms with Gasteiger partial charge in [-0.3, -0.25) is 0 Å². The van der Waals surface area contributed by atoms with E-state index in [4.69, 9.17) is 14.2 Å². The first-order valence-electron chi connectivity index (χ1n) is 11.5. The van der Waals surface area contributed by atoms with Gasteiger partial charge in [-0.2, -0.15) is 0 Å². The molecule has 0 aliphatic heterocycles. The Hall–Kier alpha value is -1.13. The van der Waals surface area contributed by atoms with Crippen molar-refractivity contribution in [2.75, 3.05) is 19.8 Å². The fraction of sp³-hybridized carbons (Fsp3) is 0.808. The number of carbonyl (C=O) groups excluding carboxylic acids is 1. The van der Waals surface area contributed by atoms with Crippen molar-refractivity contribution < 1.29 is 19.0 Å². The van der Waals surface area contributed by atoms with Gasteiger partial charge in [0.15, 0.2) is 0 Å². The van der Waals surface area contributed by atoms with Crippen LogP contribution in [0.25, 0.3) is 0 Å². The molecule has 0 radical (unpaired) electrons. The molecular weight excluding hydrogens is 376 g/mol. The Morgan fingerprint density at radius 3 is 2.50 bits per heavy atom. The first-order valence-corrected chi connectivity index (χ1v) is 11.5. The monoisotopic (exact) mass is 420 g/mol. The van der Waals surface area contributed by atoms with Crippen LogP contribution in [-0.2, 0) is 19.0 Å². The molecule has 30 heavy (non-hydrogen) atoms. The molecule has 3 aliphatic carbocycles. The maximum Gasteiger partial charge on any atom is 0.333 e. The van der Waals surface area contributed by atoms with Crippen molar-refractivity contribution in [3.05, 3.63) is 23.8 Å². The Bertz CT molecular complexity index is 656. The minimum absolute atomic E-state index is 0.00195. The third kappa shape index (κ3) is 5.76. The van der Waals surface area contributed by atoms with Gasteiger partial charge in [0.1, 0.15) is 0 Å². The predicted octanol–water partition coefficient (Wildman–Crippen LogP) is 6.10. The van der Waals surface area contributed by atoms with E-state index in [0.717, 1.165) is 31.3 Å². The summed E-state index contributed by atoms with van der Waals surface area (Å²) < 4.78 is 17.6. The van der Waals surface area contributed by atoms with E-state index in [1.165, 1.54) is 12.8 Å². The summed E-state index contributed by atoms with van der Waals surface area (Å²) in [5.41, 5.74) is 1.98. The van der Waals surface area contributed by atoms with E-state index in [1.807, 2.05) is 0 Å². The molecular formula is C26H44O4. The van der Waals surface area contributed by atoms with E-state index in [1.54, 1.807) is 12.5 Å². The van der Waals surface area contributed by atoms with Crippen LogP contribution < -0.4 is 0 Å². The van der Waals surface area contributed by atoms with E-state index in [0.29, 0.717) is 24.2 Å². The smallest absolute Gasteiger partial charge is 0.333 e. The number of hydrogen-bond acceptors (Lipinski definition) is 4. The summed E-state index contributed by atoms with van der Waals surface area (Å²) >= 11 is 0. The maximum atomic E-state index is 11.6. The number of hydrogen-bond donors (Lipinski definition) is 0. The Labute approximate surface area is 184 Å². The van der Waals surface area contributed by atoms with Crippen LogP contribution in [0.4, 0.5) is 0 Å². The van der Waals surface area contributed by atoms with Crippen molar-refractivity contribution >= 4 is 5.97 Å². The zero-order chi connectivity index (χ0) is 22.7. The highest BCUT2D eigenvalue weighted by Crippen LogP contribution is 2.59. The molecule has 4 heteroatoms. The number of rotatable bonds is 12. The van der Waals surface area contributed by atoms with Gasteiger partial charge >= 0.3 is 5.97 Å². The largest absolute Gasteiger partial charge is 0.462 e. The Kier molecular flexibility index (Phi) is 8.01. The molecule has 172 valence electrons. The molecule has 0 N–H and O–H groups in total. The molecule has 0 aromatic heterocycles. The summed E-state index contributed by atoms with van der Waals surface area (Å²) in [5, 5.41) is 0. The van der Waals surface area contributed by atoms with Gasteiger partial charge < -0.3 is 14.2 Å². The molecule has 3 unspecified atom stereocenters. The van der Waals surface area contributed by atoms with E-state index >= 15 is 0 Å². The van der Waals surface area contributed by atoms with Crippen molar-refractivity contribution in [3.63, 3.8) is 0 Å². The van der Waals surface area contributed by atoms with Crippen LogP contribution in [0.15, 0.2) is 23.8 Å². The maximum absolute atomic E-state index is 11.6. The Balaban J connectivity index is 1.71. The number of ether oxygens (including phenoxy) is 3. The molecule has 0 amide bonds. The van der Waals surface area contributed by atoms with Gasteiger partial charge in [0.05, 0.1) is 31.5 Å². The van der Waals surface area contributed by atoms with Gasteiger partial charge in [0.2, 0.25) is 0 Å². The third-order valence-electron chi connectivity index (χ3n) is 7.90. The number of allylic oxidation sites excluding steroid dienone is 1. The van der Waals surface area contributed by atoms with Crippen LogP contribution in [0.5, 0.6) is 0 Å². The highest BCUT2D eigenvalue weighted by molar-refractivity contribution is 5.86. The van der Waals surface area contributed by atoms with Crippen LogP contribution in [0.1, 0.15) is 81.1 Å². The van der Waals surface area contributed by atoms with E-state index < -0.39 is 0 Å². The molecule has 0 spiro atoms. The first kappa shape index (κ1) is 25.1. The molecule has 3 rings (SSSR count). The van der Waals surface area contributed by atoms with Crippen molar-refractivity contribution in [1.29, 1.82) is 0 Å². The average Bonchev–Trinajstić information content (AvgIpc) is 2.64. The summed E-state index contributed by atoms with van der Waals surface area (Å²) in [5.74, 6) is 1.31. The lowest BCUT2D eigenvalue weighted by Gasteiger charge is -2.56. The lowest BCUT2D eigenvalue weighted by Crippen LogP contribution is -2.48. The quantitative estimate of drug-likeness (QED) is 0.165. The molecule has 0 heterocycles. The van der Waals surface area contributed by atoms with Gasteiger partial charge in [-0.1, -0.05) is 45.9 Å². The van der Waals surface area contributed by atoms with Gasteiger partial charge in [-0.15, -0.1) is 0 Å². The van der Waals surface area contributed by atoms with Gasteiger partial charge in [0.25, 0.3) is 0 Å². The van der Waals surface area contributed by atoms with Crippen LogP contribution in [0.3, 0.4) is 0 Å². The van der Waals surface area contributed by atoms with Gasteiger partial charge in [-0.25, -0.2) is 4.79 Å². The molecule has 0 aromatic rings. The first-order chi connectivity index (χ1) is 13.8. The zero-order valence-corrected chi connectivity index (χ0v) is 20.6. The molecule has 1 saturated carbocycles. The molecule has 3 atom stereocenters. The van der Waals surface area contributed by atoms with Gasteiger partial charge in [0, 0.05) is 5.57 Å². The normalized spacial score (nSPS) is 23.9. The molecule has 0 saturated heterocycles. The minimum Gasteiger partial charge on any atom is -0.462 e. The molecule has 1 fully saturated rings. The number of esters is 1. The van der Waals surface area contributed by atoms with E-state index in [2.05, 4.69) is 61.1 Å². The van der Waals surface area contributed by atoms with Crippen LogP contribution in [-0.4, -0.2) is 37.5 Å². The van der Waals surface area contributed by atoms with Crippen LogP contribution >= 0.6 is 0 Å². The van der Waals surface area contributed by atoms with Crippen molar-refractivity contribution in [2.24, 2.45) is 22.7 Å². The SMILES string of the molecule is C=C(C)C(=O)OCCC(C)(C)C(C)(C)OC(C)COCCC1=CCC2CC1C2(C)C. The second-order valence-electron chi connectivity index (χ2n) is 11.1. The lowest BCUT2D eigenvalue weighted by atomic mass is 9.48.